The van der Waals surface area contributed by atoms with Gasteiger partial charge in [0.05, 0.1) is 16.6 Å². The molecule has 1 heterocycles. The van der Waals surface area contributed by atoms with Crippen LogP contribution in [0.1, 0.15) is 11.5 Å². The lowest BCUT2D eigenvalue weighted by Crippen LogP contribution is -2.38. The van der Waals surface area contributed by atoms with E-state index < -0.39 is 0 Å². The quantitative estimate of drug-likeness (QED) is 0.815. The van der Waals surface area contributed by atoms with Crippen LogP contribution in [0.2, 0.25) is 10.0 Å². The second-order valence-electron chi connectivity index (χ2n) is 5.80. The minimum absolute atomic E-state index is 0.218. The second kappa shape index (κ2) is 8.42. The summed E-state index contributed by atoms with van der Waals surface area (Å²) in [5.74, 6) is 1.57. The topological polar surface area (TPSA) is 48.7 Å². The van der Waals surface area contributed by atoms with Crippen LogP contribution in [-0.4, -0.2) is 43.0 Å². The summed E-state index contributed by atoms with van der Waals surface area (Å²) in [6.45, 7) is 3.59. The predicted molar refractivity (Wildman–Crippen MR) is 97.9 cm³/mol. The van der Waals surface area contributed by atoms with Crippen LogP contribution in [0.25, 0.3) is 0 Å². The molecule has 5 nitrogen and oxygen atoms in total. The monoisotopic (exact) mass is 369 g/mol. The fraction of sp³-hybridized carbons (Fsp3) is 0.353. The van der Waals surface area contributed by atoms with Gasteiger partial charge in [-0.05, 0) is 51.4 Å². The Morgan fingerprint density at radius 1 is 1.12 bits per heavy atom. The fourth-order valence-corrected chi connectivity index (χ4v) is 2.41. The first-order valence-electron chi connectivity index (χ1n) is 7.56. The van der Waals surface area contributed by atoms with Gasteiger partial charge >= 0.3 is 6.03 Å². The van der Waals surface area contributed by atoms with E-state index in [4.69, 9.17) is 27.6 Å². The van der Waals surface area contributed by atoms with Gasteiger partial charge in [0.1, 0.15) is 11.5 Å². The lowest BCUT2D eigenvalue weighted by Gasteiger charge is -2.24. The van der Waals surface area contributed by atoms with E-state index in [1.165, 1.54) is 0 Å². The predicted octanol–water partition coefficient (Wildman–Crippen LogP) is 4.49. The van der Waals surface area contributed by atoms with Gasteiger partial charge in [0.25, 0.3) is 0 Å². The number of rotatable bonds is 6. The smallest absolute Gasteiger partial charge is 0.322 e. The molecule has 7 heteroatoms. The van der Waals surface area contributed by atoms with E-state index in [0.717, 1.165) is 18.1 Å². The number of nitrogens with one attached hydrogen (secondary N) is 1. The molecule has 1 aromatic heterocycles. The lowest BCUT2D eigenvalue weighted by molar-refractivity contribution is 0.196. The van der Waals surface area contributed by atoms with E-state index >= 15 is 0 Å². The molecule has 1 aromatic carbocycles. The van der Waals surface area contributed by atoms with E-state index in [1.54, 1.807) is 23.1 Å². The van der Waals surface area contributed by atoms with E-state index in [-0.39, 0.29) is 6.03 Å². The minimum atomic E-state index is -0.218. The van der Waals surface area contributed by atoms with Crippen molar-refractivity contribution in [2.24, 2.45) is 0 Å². The van der Waals surface area contributed by atoms with Crippen LogP contribution in [0.4, 0.5) is 10.5 Å². The van der Waals surface area contributed by atoms with Gasteiger partial charge in [-0.25, -0.2) is 4.79 Å². The summed E-state index contributed by atoms with van der Waals surface area (Å²) < 4.78 is 5.58. The van der Waals surface area contributed by atoms with E-state index in [2.05, 4.69) is 5.32 Å². The highest BCUT2D eigenvalue weighted by atomic mass is 35.5. The number of amides is 2. The van der Waals surface area contributed by atoms with Gasteiger partial charge in [0, 0.05) is 18.8 Å². The molecule has 0 radical (unpaired) electrons. The molecule has 0 bridgehead atoms. The molecule has 130 valence electrons. The van der Waals surface area contributed by atoms with Crippen LogP contribution in [0.5, 0.6) is 0 Å². The van der Waals surface area contributed by atoms with E-state index in [0.29, 0.717) is 28.8 Å². The summed E-state index contributed by atoms with van der Waals surface area (Å²) in [5, 5.41) is 3.69. The Bertz CT molecular complexity index is 701. The molecule has 0 aliphatic rings. The van der Waals surface area contributed by atoms with Gasteiger partial charge in [-0.1, -0.05) is 23.2 Å². The van der Waals surface area contributed by atoms with Crippen molar-refractivity contribution >= 4 is 34.9 Å². The van der Waals surface area contributed by atoms with Crippen LogP contribution < -0.4 is 5.32 Å². The molecule has 0 aliphatic carbocycles. The number of hydrogen-bond acceptors (Lipinski definition) is 3. The highest BCUT2D eigenvalue weighted by molar-refractivity contribution is 6.42. The maximum absolute atomic E-state index is 12.6. The van der Waals surface area contributed by atoms with Crippen molar-refractivity contribution in [3.8, 4) is 0 Å². The normalized spacial score (nSPS) is 10.9. The van der Waals surface area contributed by atoms with Crippen molar-refractivity contribution in [3.05, 3.63) is 51.9 Å². The number of nitrogens with zero attached hydrogens (tertiary/aromatic N) is 2. The SMILES string of the molecule is Cc1ccc(CN(CCN(C)C)C(=O)Nc2ccc(Cl)c(Cl)c2)o1. The number of halogens is 2. The molecule has 0 fully saturated rings. The molecule has 1 N–H and O–H groups in total. The summed E-state index contributed by atoms with van der Waals surface area (Å²) in [6, 6.07) is 8.54. The number of furan rings is 1. The van der Waals surface area contributed by atoms with Crippen LogP contribution in [0.15, 0.2) is 34.7 Å². The third-order valence-electron chi connectivity index (χ3n) is 3.42. The summed E-state index contributed by atoms with van der Waals surface area (Å²) >= 11 is 11.9. The highest BCUT2D eigenvalue weighted by Crippen LogP contribution is 2.25. The van der Waals surface area contributed by atoms with Crippen LogP contribution >= 0.6 is 23.2 Å². The van der Waals surface area contributed by atoms with Gasteiger partial charge in [0.2, 0.25) is 0 Å². The van der Waals surface area contributed by atoms with Crippen molar-refractivity contribution < 1.29 is 9.21 Å². The summed E-state index contributed by atoms with van der Waals surface area (Å²) in [5.41, 5.74) is 0.597. The molecule has 0 saturated heterocycles. The van der Waals surface area contributed by atoms with Crippen molar-refractivity contribution in [3.63, 3.8) is 0 Å². The average Bonchev–Trinajstić information content (AvgIpc) is 2.92. The molecule has 0 atom stereocenters. The zero-order chi connectivity index (χ0) is 17.7. The van der Waals surface area contributed by atoms with Crippen molar-refractivity contribution in [2.45, 2.75) is 13.5 Å². The Hall–Kier alpha value is -1.69. The van der Waals surface area contributed by atoms with Crippen LogP contribution in [0.3, 0.4) is 0 Å². The van der Waals surface area contributed by atoms with Crippen molar-refractivity contribution in [1.82, 2.24) is 9.80 Å². The fourth-order valence-electron chi connectivity index (χ4n) is 2.11. The number of urea groups is 1. The second-order valence-corrected chi connectivity index (χ2v) is 6.61. The van der Waals surface area contributed by atoms with Gasteiger partial charge in [0.15, 0.2) is 0 Å². The third-order valence-corrected chi connectivity index (χ3v) is 4.16. The Balaban J connectivity index is 2.08. The maximum Gasteiger partial charge on any atom is 0.322 e. The van der Waals surface area contributed by atoms with Gasteiger partial charge in [-0.3, -0.25) is 0 Å². The highest BCUT2D eigenvalue weighted by Gasteiger charge is 2.16. The summed E-state index contributed by atoms with van der Waals surface area (Å²) in [7, 11) is 3.93. The Morgan fingerprint density at radius 3 is 2.46 bits per heavy atom. The summed E-state index contributed by atoms with van der Waals surface area (Å²) in [6.07, 6.45) is 0. The molecule has 0 aliphatic heterocycles. The molecule has 24 heavy (non-hydrogen) atoms. The van der Waals surface area contributed by atoms with Gasteiger partial charge < -0.3 is 19.5 Å². The van der Waals surface area contributed by atoms with E-state index in [9.17, 15) is 4.79 Å². The number of aryl methyl sites for hydroxylation is 1. The number of anilines is 1. The molecule has 2 amide bonds. The molecule has 0 unspecified atom stereocenters. The number of likely N-dealkylation sites (N-methyl/N-ethyl adjacent to an activating group) is 1. The molecule has 2 aromatic rings. The molecular formula is C17H21Cl2N3O2. The third kappa shape index (κ3) is 5.44. The molecular weight excluding hydrogens is 349 g/mol. The largest absolute Gasteiger partial charge is 0.464 e. The van der Waals surface area contributed by atoms with Crippen LogP contribution in [-0.2, 0) is 6.54 Å². The number of carbonyl (C=O) groups excluding carboxylic acids is 1. The Kier molecular flexibility index (Phi) is 6.54. The first-order chi connectivity index (χ1) is 11.3. The molecule has 0 saturated carbocycles. The summed E-state index contributed by atoms with van der Waals surface area (Å²) in [4.78, 5) is 16.3. The molecule has 0 spiro atoms. The number of hydrogen-bond donors (Lipinski definition) is 1. The first-order valence-corrected chi connectivity index (χ1v) is 8.32. The average molecular weight is 370 g/mol. The zero-order valence-corrected chi connectivity index (χ0v) is 15.5. The first kappa shape index (κ1) is 18.6. The number of carbonyl (C=O) groups is 1. The molecule has 2 rings (SSSR count). The Morgan fingerprint density at radius 2 is 1.88 bits per heavy atom. The maximum atomic E-state index is 12.6. The van der Waals surface area contributed by atoms with Crippen molar-refractivity contribution in [2.75, 3.05) is 32.5 Å². The van der Waals surface area contributed by atoms with Crippen LogP contribution in [0, 0.1) is 6.92 Å². The van der Waals surface area contributed by atoms with Gasteiger partial charge in [-0.15, -0.1) is 0 Å². The standard InChI is InChI=1S/C17H21Cl2N3O2/c1-12-4-6-14(24-12)11-22(9-8-21(2)3)17(23)20-13-5-7-15(18)16(19)10-13/h4-7,10H,8-9,11H2,1-3H3,(H,20,23). The zero-order valence-electron chi connectivity index (χ0n) is 14.0. The van der Waals surface area contributed by atoms with Crippen molar-refractivity contribution in [1.29, 1.82) is 0 Å². The van der Waals surface area contributed by atoms with E-state index in [1.807, 2.05) is 38.1 Å². The lowest BCUT2D eigenvalue weighted by atomic mass is 10.3. The Labute approximate surface area is 152 Å². The number of benzene rings is 1. The van der Waals surface area contributed by atoms with Gasteiger partial charge in [-0.2, -0.15) is 0 Å². The minimum Gasteiger partial charge on any atom is -0.464 e.